The average Bonchev–Trinajstić information content (AvgIpc) is 3.18. The molecule has 1 saturated carbocycles. The molecule has 2 unspecified atom stereocenters. The van der Waals surface area contributed by atoms with Gasteiger partial charge in [-0.3, -0.25) is 9.59 Å². The largest absolute Gasteiger partial charge is 0.349 e. The first kappa shape index (κ1) is 14.1. The van der Waals surface area contributed by atoms with Crippen LogP contribution in [0.3, 0.4) is 0 Å². The van der Waals surface area contributed by atoms with Gasteiger partial charge in [0.2, 0.25) is 5.91 Å². The number of carbonyl (C=O) groups is 2. The van der Waals surface area contributed by atoms with Gasteiger partial charge in [0, 0.05) is 23.8 Å². The lowest BCUT2D eigenvalue weighted by Gasteiger charge is -2.14. The molecule has 2 aliphatic rings. The van der Waals surface area contributed by atoms with Crippen molar-refractivity contribution < 1.29 is 9.59 Å². The van der Waals surface area contributed by atoms with E-state index in [1.807, 2.05) is 0 Å². The lowest BCUT2D eigenvalue weighted by atomic mass is 9.97. The van der Waals surface area contributed by atoms with Gasteiger partial charge in [0.15, 0.2) is 0 Å². The Hall–Kier alpha value is -1.88. The summed E-state index contributed by atoms with van der Waals surface area (Å²) in [6.45, 7) is 3.70. The first-order chi connectivity index (χ1) is 10.1. The van der Waals surface area contributed by atoms with Crippen LogP contribution < -0.4 is 16.0 Å². The van der Waals surface area contributed by atoms with Gasteiger partial charge in [0.25, 0.3) is 5.91 Å². The average molecular weight is 287 g/mol. The topological polar surface area (TPSA) is 70.2 Å². The fourth-order valence-electron chi connectivity index (χ4n) is 2.60. The highest BCUT2D eigenvalue weighted by molar-refractivity contribution is 5.96. The molecule has 1 aromatic carbocycles. The lowest BCUT2D eigenvalue weighted by molar-refractivity contribution is -0.120. The molecule has 3 rings (SSSR count). The van der Waals surface area contributed by atoms with Crippen LogP contribution in [0.5, 0.6) is 0 Å². The summed E-state index contributed by atoms with van der Waals surface area (Å²) >= 11 is 0. The molecular weight excluding hydrogens is 266 g/mol. The van der Waals surface area contributed by atoms with Crippen LogP contribution in [0.4, 0.5) is 5.69 Å². The predicted octanol–water partition coefficient (Wildman–Crippen LogP) is 1.37. The second-order valence-electron chi connectivity index (χ2n) is 6.06. The predicted molar refractivity (Wildman–Crippen MR) is 81.1 cm³/mol. The van der Waals surface area contributed by atoms with Gasteiger partial charge in [-0.2, -0.15) is 0 Å². The van der Waals surface area contributed by atoms with E-state index in [1.54, 1.807) is 24.3 Å². The minimum Gasteiger partial charge on any atom is -0.349 e. The Balaban J connectivity index is 1.58. The van der Waals surface area contributed by atoms with Crippen LogP contribution in [0.25, 0.3) is 0 Å². The Morgan fingerprint density at radius 2 is 1.86 bits per heavy atom. The maximum Gasteiger partial charge on any atom is 0.251 e. The second-order valence-corrected chi connectivity index (χ2v) is 6.06. The van der Waals surface area contributed by atoms with Crippen molar-refractivity contribution in [2.45, 2.75) is 25.8 Å². The van der Waals surface area contributed by atoms with E-state index < -0.39 is 0 Å². The highest BCUT2D eigenvalue weighted by Gasteiger charge is 2.29. The van der Waals surface area contributed by atoms with Crippen LogP contribution in [-0.2, 0) is 4.79 Å². The Morgan fingerprint density at radius 3 is 2.43 bits per heavy atom. The van der Waals surface area contributed by atoms with Crippen LogP contribution in [0.2, 0.25) is 0 Å². The molecule has 5 nitrogen and oxygen atoms in total. The van der Waals surface area contributed by atoms with Gasteiger partial charge in [-0.25, -0.2) is 0 Å². The summed E-state index contributed by atoms with van der Waals surface area (Å²) in [5.74, 6) is 0.378. The summed E-state index contributed by atoms with van der Waals surface area (Å²) in [5, 5.41) is 9.09. The maximum atomic E-state index is 12.2. The molecule has 0 aromatic heterocycles. The third-order valence-electron chi connectivity index (χ3n) is 4.18. The number of benzene rings is 1. The smallest absolute Gasteiger partial charge is 0.251 e. The first-order valence-electron chi connectivity index (χ1n) is 7.56. The van der Waals surface area contributed by atoms with E-state index in [4.69, 9.17) is 0 Å². The van der Waals surface area contributed by atoms with E-state index in [-0.39, 0.29) is 17.7 Å². The van der Waals surface area contributed by atoms with E-state index in [9.17, 15) is 9.59 Å². The Labute approximate surface area is 124 Å². The van der Waals surface area contributed by atoms with Crippen molar-refractivity contribution in [2.24, 2.45) is 11.8 Å². The summed E-state index contributed by atoms with van der Waals surface area (Å²) in [5.41, 5.74) is 1.37. The van der Waals surface area contributed by atoms with Crippen molar-refractivity contribution in [1.29, 1.82) is 0 Å². The number of nitrogens with one attached hydrogen (secondary N) is 3. The molecule has 5 heteroatoms. The molecule has 3 N–H and O–H groups in total. The monoisotopic (exact) mass is 287 g/mol. The molecule has 1 heterocycles. The highest BCUT2D eigenvalue weighted by atomic mass is 16.2. The van der Waals surface area contributed by atoms with E-state index in [0.29, 0.717) is 17.5 Å². The third-order valence-corrected chi connectivity index (χ3v) is 4.18. The first-order valence-corrected chi connectivity index (χ1v) is 7.56. The summed E-state index contributed by atoms with van der Waals surface area (Å²) in [4.78, 5) is 24.0. The molecule has 2 atom stereocenters. The van der Waals surface area contributed by atoms with E-state index in [0.717, 1.165) is 31.6 Å². The molecule has 0 bridgehead atoms. The molecule has 1 aliphatic carbocycles. The third kappa shape index (κ3) is 3.42. The molecule has 0 spiro atoms. The van der Waals surface area contributed by atoms with E-state index in [2.05, 4.69) is 22.9 Å². The zero-order valence-corrected chi connectivity index (χ0v) is 12.2. The molecule has 1 aliphatic heterocycles. The van der Waals surface area contributed by atoms with Crippen LogP contribution in [0, 0.1) is 11.8 Å². The lowest BCUT2D eigenvalue weighted by Crippen LogP contribution is -2.28. The van der Waals surface area contributed by atoms with Gasteiger partial charge in [-0.15, -0.1) is 0 Å². The second kappa shape index (κ2) is 5.85. The highest BCUT2D eigenvalue weighted by Crippen LogP contribution is 2.21. The Kier molecular flexibility index (Phi) is 3.92. The van der Waals surface area contributed by atoms with Gasteiger partial charge in [0.1, 0.15) is 0 Å². The quantitative estimate of drug-likeness (QED) is 0.783. The molecular formula is C16H21N3O2. The van der Waals surface area contributed by atoms with Crippen molar-refractivity contribution in [3.05, 3.63) is 29.8 Å². The molecule has 1 saturated heterocycles. The molecule has 1 aromatic rings. The number of hydrogen-bond donors (Lipinski definition) is 3. The van der Waals surface area contributed by atoms with Crippen LogP contribution >= 0.6 is 0 Å². The standard InChI is InChI=1S/C16H21N3O2/c1-10-8-17-9-14(10)16(21)19-12-4-2-11(3-5-12)15(20)18-13-6-7-13/h2-5,10,13-14,17H,6-9H2,1H3,(H,18,20)(H,19,21). The van der Waals surface area contributed by atoms with E-state index >= 15 is 0 Å². The van der Waals surface area contributed by atoms with Gasteiger partial charge >= 0.3 is 0 Å². The van der Waals surface area contributed by atoms with Gasteiger partial charge in [-0.1, -0.05) is 6.92 Å². The fraction of sp³-hybridized carbons (Fsp3) is 0.500. The fourth-order valence-corrected chi connectivity index (χ4v) is 2.60. The number of rotatable bonds is 4. The molecule has 112 valence electrons. The number of anilines is 1. The zero-order chi connectivity index (χ0) is 14.8. The molecule has 0 radical (unpaired) electrons. The van der Waals surface area contributed by atoms with Crippen LogP contribution in [0.15, 0.2) is 24.3 Å². The minimum atomic E-state index is -0.0380. The molecule has 21 heavy (non-hydrogen) atoms. The summed E-state index contributed by atoms with van der Waals surface area (Å²) in [6.07, 6.45) is 2.15. The normalized spacial score (nSPS) is 24.6. The SMILES string of the molecule is CC1CNCC1C(=O)Nc1ccc(C(=O)NC2CC2)cc1. The van der Waals surface area contributed by atoms with Crippen molar-refractivity contribution >= 4 is 17.5 Å². The summed E-state index contributed by atoms with van der Waals surface area (Å²) < 4.78 is 0. The minimum absolute atomic E-state index is 0.0165. The summed E-state index contributed by atoms with van der Waals surface area (Å²) in [7, 11) is 0. The van der Waals surface area contributed by atoms with Gasteiger partial charge in [-0.05, 0) is 49.6 Å². The zero-order valence-electron chi connectivity index (χ0n) is 12.2. The van der Waals surface area contributed by atoms with E-state index in [1.165, 1.54) is 0 Å². The molecule has 2 amide bonds. The molecule has 2 fully saturated rings. The van der Waals surface area contributed by atoms with Crippen LogP contribution in [-0.4, -0.2) is 30.9 Å². The van der Waals surface area contributed by atoms with Crippen molar-refractivity contribution in [1.82, 2.24) is 10.6 Å². The van der Waals surface area contributed by atoms with Crippen molar-refractivity contribution in [3.63, 3.8) is 0 Å². The van der Waals surface area contributed by atoms with Gasteiger partial charge in [0.05, 0.1) is 5.92 Å². The Morgan fingerprint density at radius 1 is 1.14 bits per heavy atom. The Bertz CT molecular complexity index is 537. The van der Waals surface area contributed by atoms with Crippen LogP contribution in [0.1, 0.15) is 30.1 Å². The maximum absolute atomic E-state index is 12.2. The number of hydrogen-bond acceptors (Lipinski definition) is 3. The number of amides is 2. The summed E-state index contributed by atoms with van der Waals surface area (Å²) in [6, 6.07) is 7.43. The number of carbonyl (C=O) groups excluding carboxylic acids is 2. The van der Waals surface area contributed by atoms with Crippen molar-refractivity contribution in [3.8, 4) is 0 Å². The van der Waals surface area contributed by atoms with Gasteiger partial charge < -0.3 is 16.0 Å². The van der Waals surface area contributed by atoms with Crippen molar-refractivity contribution in [2.75, 3.05) is 18.4 Å².